The van der Waals surface area contributed by atoms with Gasteiger partial charge in [-0.15, -0.1) is 0 Å². The van der Waals surface area contributed by atoms with Crippen LogP contribution in [-0.2, 0) is 6.18 Å². The maximum atomic E-state index is 13.7. The van der Waals surface area contributed by atoms with Crippen LogP contribution in [0.5, 0.6) is 0 Å². The zero-order valence-corrected chi connectivity index (χ0v) is 17.6. The van der Waals surface area contributed by atoms with Gasteiger partial charge in [-0.2, -0.15) is 0 Å². The molecule has 0 aliphatic rings. The van der Waals surface area contributed by atoms with Crippen molar-refractivity contribution >= 4 is 38.4 Å². The molecule has 0 saturated heterocycles. The van der Waals surface area contributed by atoms with E-state index in [0.717, 1.165) is 22.0 Å². The zero-order valence-electron chi connectivity index (χ0n) is 15.9. The fourth-order valence-corrected chi connectivity index (χ4v) is 10.0. The molecule has 0 N–H and O–H groups in total. The third-order valence-corrected chi connectivity index (χ3v) is 12.8. The second-order valence-electron chi connectivity index (χ2n) is 7.06. The Morgan fingerprint density at radius 1 is 0.500 bits per heavy atom. The Labute approximate surface area is 178 Å². The second-order valence-corrected chi connectivity index (χ2v) is 13.2. The first kappa shape index (κ1) is 20.7. The average molecular weight is 443 g/mol. The summed E-state index contributed by atoms with van der Waals surface area (Å²) in [6.45, 7) is 0. The van der Waals surface area contributed by atoms with Crippen LogP contribution in [0.3, 0.4) is 0 Å². The molecular formula is C25H19ClF3P. The van der Waals surface area contributed by atoms with Crippen molar-refractivity contribution in [1.29, 1.82) is 0 Å². The van der Waals surface area contributed by atoms with Crippen LogP contribution in [0.1, 0.15) is 5.56 Å². The van der Waals surface area contributed by atoms with Gasteiger partial charge in [0.05, 0.1) is 0 Å². The molecular weight excluding hydrogens is 424 g/mol. The number of rotatable bonds is 4. The molecule has 0 fully saturated rings. The van der Waals surface area contributed by atoms with Crippen molar-refractivity contribution in [2.45, 2.75) is 6.18 Å². The summed E-state index contributed by atoms with van der Waals surface area (Å²) < 4.78 is 41.0. The summed E-state index contributed by atoms with van der Waals surface area (Å²) in [5.41, 5.74) is -0.711. The molecule has 0 aliphatic heterocycles. The molecule has 4 aromatic carbocycles. The number of benzene rings is 4. The summed E-state index contributed by atoms with van der Waals surface area (Å²) in [4.78, 5) is 0. The summed E-state index contributed by atoms with van der Waals surface area (Å²) in [5.74, 6) is -3.96. The number of alkyl halides is 3. The van der Waals surface area contributed by atoms with Gasteiger partial charge in [0, 0.05) is 0 Å². The van der Waals surface area contributed by atoms with Gasteiger partial charge in [0.2, 0.25) is 0 Å². The Hall–Kier alpha value is -2.61. The van der Waals surface area contributed by atoms with E-state index in [1.807, 2.05) is 91.0 Å². The molecule has 0 radical (unpaired) electrons. The molecule has 0 unspecified atom stereocenters. The molecule has 0 heterocycles. The van der Waals surface area contributed by atoms with Crippen LogP contribution in [0.4, 0.5) is 13.2 Å². The Bertz CT molecular complexity index is 1040. The predicted octanol–water partition coefficient (Wildman–Crippen LogP) is 6.01. The van der Waals surface area contributed by atoms with Crippen molar-refractivity contribution in [2.75, 3.05) is 0 Å². The molecule has 0 atom stereocenters. The fraction of sp³-hybridized carbons (Fsp3) is 0.0400. The molecule has 4 aromatic rings. The molecule has 30 heavy (non-hydrogen) atoms. The van der Waals surface area contributed by atoms with Crippen molar-refractivity contribution in [3.8, 4) is 0 Å². The Balaban J connectivity index is 2.21. The summed E-state index contributed by atoms with van der Waals surface area (Å²) in [5, 5.41) is 2.84. The summed E-state index contributed by atoms with van der Waals surface area (Å²) >= 11 is 7.88. The molecule has 0 amide bonds. The van der Waals surface area contributed by atoms with E-state index in [1.54, 1.807) is 6.07 Å². The Morgan fingerprint density at radius 2 is 0.867 bits per heavy atom. The van der Waals surface area contributed by atoms with Crippen molar-refractivity contribution in [1.82, 2.24) is 0 Å². The van der Waals surface area contributed by atoms with Crippen LogP contribution in [0.2, 0.25) is 0 Å². The first-order valence-electron chi connectivity index (χ1n) is 9.43. The van der Waals surface area contributed by atoms with Gasteiger partial charge in [0.25, 0.3) is 0 Å². The SMILES string of the molecule is FC(F)(F)c1cccc(P(Cl)(c2ccccc2)(c2ccccc2)c2ccccc2)c1. The molecule has 0 nitrogen and oxygen atoms in total. The van der Waals surface area contributed by atoms with Crippen LogP contribution >= 0.6 is 17.2 Å². The quantitative estimate of drug-likeness (QED) is 0.339. The van der Waals surface area contributed by atoms with E-state index in [1.165, 1.54) is 12.1 Å². The minimum atomic E-state index is -4.47. The molecule has 0 spiro atoms. The van der Waals surface area contributed by atoms with Gasteiger partial charge in [0.1, 0.15) is 0 Å². The van der Waals surface area contributed by atoms with E-state index in [-0.39, 0.29) is 0 Å². The van der Waals surface area contributed by atoms with E-state index in [4.69, 9.17) is 11.2 Å². The third-order valence-electron chi connectivity index (χ3n) is 5.38. The summed E-state index contributed by atoms with van der Waals surface area (Å²) in [6, 6.07) is 33.8. The minimum absolute atomic E-state index is 0.459. The van der Waals surface area contributed by atoms with Crippen LogP contribution < -0.4 is 21.2 Å². The molecule has 0 bridgehead atoms. The van der Waals surface area contributed by atoms with Gasteiger partial charge < -0.3 is 0 Å². The first-order chi connectivity index (χ1) is 14.4. The number of hydrogen-bond donors (Lipinski definition) is 0. The van der Waals surface area contributed by atoms with E-state index in [9.17, 15) is 13.2 Å². The van der Waals surface area contributed by atoms with Crippen molar-refractivity contribution in [3.63, 3.8) is 0 Å². The van der Waals surface area contributed by atoms with E-state index >= 15 is 0 Å². The van der Waals surface area contributed by atoms with Gasteiger partial charge in [-0.25, -0.2) is 0 Å². The van der Waals surface area contributed by atoms with E-state index < -0.39 is 17.7 Å². The summed E-state index contributed by atoms with van der Waals surface area (Å²) in [6.07, 6.45) is -4.47. The molecule has 0 aliphatic carbocycles. The van der Waals surface area contributed by atoms with Crippen LogP contribution in [0, 0.1) is 0 Å². The van der Waals surface area contributed by atoms with Crippen LogP contribution in [-0.4, -0.2) is 0 Å². The van der Waals surface area contributed by atoms with Gasteiger partial charge in [-0.1, -0.05) is 0 Å². The van der Waals surface area contributed by atoms with E-state index in [2.05, 4.69) is 0 Å². The first-order valence-corrected chi connectivity index (χ1v) is 12.6. The van der Waals surface area contributed by atoms with Gasteiger partial charge in [-0.3, -0.25) is 0 Å². The topological polar surface area (TPSA) is 0 Å². The van der Waals surface area contributed by atoms with Crippen molar-refractivity contribution in [2.24, 2.45) is 0 Å². The third kappa shape index (κ3) is 3.14. The van der Waals surface area contributed by atoms with Crippen LogP contribution in [0.25, 0.3) is 0 Å². The Kier molecular flexibility index (Phi) is 5.22. The van der Waals surface area contributed by atoms with Crippen molar-refractivity contribution in [3.05, 3.63) is 121 Å². The normalized spacial score (nSPS) is 13.4. The molecule has 0 aromatic heterocycles. The monoisotopic (exact) mass is 442 g/mol. The maximum absolute atomic E-state index is 13.7. The molecule has 152 valence electrons. The average Bonchev–Trinajstić information content (AvgIpc) is 2.80. The Morgan fingerprint density at radius 3 is 1.23 bits per heavy atom. The van der Waals surface area contributed by atoms with Crippen molar-refractivity contribution < 1.29 is 13.2 Å². The van der Waals surface area contributed by atoms with Crippen LogP contribution in [0.15, 0.2) is 115 Å². The van der Waals surface area contributed by atoms with Gasteiger partial charge in [-0.05, 0) is 0 Å². The predicted molar refractivity (Wildman–Crippen MR) is 122 cm³/mol. The number of halogens is 4. The van der Waals surface area contributed by atoms with E-state index in [0.29, 0.717) is 5.30 Å². The molecule has 4 rings (SSSR count). The van der Waals surface area contributed by atoms with Gasteiger partial charge in [0.15, 0.2) is 0 Å². The standard InChI is InChI=1S/C25H19ClF3P/c26-30(21-12-4-1-5-13-21,22-14-6-2-7-15-22,23-16-8-3-9-17-23)24-18-10-11-20(19-24)25(27,28)29/h1-19H. The fourth-order valence-electron chi connectivity index (χ4n) is 3.96. The molecule has 0 saturated carbocycles. The zero-order chi connectivity index (χ0) is 21.3. The second kappa shape index (κ2) is 7.58. The van der Waals surface area contributed by atoms with Gasteiger partial charge >= 0.3 is 179 Å². The molecule has 5 heteroatoms. The summed E-state index contributed by atoms with van der Waals surface area (Å²) in [7, 11) is 0. The number of hydrogen-bond acceptors (Lipinski definition) is 0.